The molecule has 2 N–H and O–H groups in total. The molecular weight excluding hydrogens is 420 g/mol. The first kappa shape index (κ1) is 22.8. The lowest BCUT2D eigenvalue weighted by Crippen LogP contribution is -2.52. The Balaban J connectivity index is 1.36. The molecule has 1 aliphatic carbocycles. The van der Waals surface area contributed by atoms with Crippen molar-refractivity contribution in [3.63, 3.8) is 0 Å². The number of aliphatic carboxylic acids is 1. The van der Waals surface area contributed by atoms with Gasteiger partial charge >= 0.3 is 12.1 Å². The largest absolute Gasteiger partial charge is 0.481 e. The summed E-state index contributed by atoms with van der Waals surface area (Å²) in [6.45, 7) is 4.46. The van der Waals surface area contributed by atoms with Gasteiger partial charge in [0.2, 0.25) is 5.91 Å². The third-order valence-corrected chi connectivity index (χ3v) is 7.04. The maximum atomic E-state index is 12.9. The second kappa shape index (κ2) is 9.25. The molecule has 7 heteroatoms. The van der Waals surface area contributed by atoms with Crippen LogP contribution < -0.4 is 5.32 Å². The number of carboxylic acids is 1. The number of piperidine rings is 1. The molecule has 0 spiro atoms. The Morgan fingerprint density at radius 1 is 1.06 bits per heavy atom. The molecular formula is C26H30N2O5. The molecule has 2 aromatic rings. The number of carbonyl (C=O) groups excluding carboxylic acids is 2. The molecule has 1 aliphatic heterocycles. The fourth-order valence-corrected chi connectivity index (χ4v) is 4.78. The fraction of sp³-hybridized carbons (Fsp3) is 0.423. The van der Waals surface area contributed by atoms with Crippen LogP contribution >= 0.6 is 0 Å². The van der Waals surface area contributed by atoms with E-state index >= 15 is 0 Å². The first-order valence-electron chi connectivity index (χ1n) is 11.5. The molecule has 0 bridgehead atoms. The summed E-state index contributed by atoms with van der Waals surface area (Å²) in [6.07, 6.45) is 0.602. The van der Waals surface area contributed by atoms with Gasteiger partial charge in [-0.2, -0.15) is 0 Å². The molecule has 2 aromatic carbocycles. The highest BCUT2D eigenvalue weighted by molar-refractivity contribution is 5.86. The molecule has 0 radical (unpaired) electrons. The van der Waals surface area contributed by atoms with Gasteiger partial charge in [0.15, 0.2) is 0 Å². The van der Waals surface area contributed by atoms with Crippen molar-refractivity contribution in [2.45, 2.75) is 45.1 Å². The molecule has 7 nitrogen and oxygen atoms in total. The third kappa shape index (κ3) is 4.45. The minimum absolute atomic E-state index is 0.0466. The van der Waals surface area contributed by atoms with Crippen LogP contribution in [0.4, 0.5) is 4.79 Å². The van der Waals surface area contributed by atoms with Crippen LogP contribution in [-0.4, -0.2) is 53.7 Å². The van der Waals surface area contributed by atoms with E-state index in [9.17, 15) is 19.5 Å². The van der Waals surface area contributed by atoms with Crippen LogP contribution in [0.25, 0.3) is 11.1 Å². The van der Waals surface area contributed by atoms with Gasteiger partial charge < -0.3 is 20.1 Å². The molecule has 1 fully saturated rings. The van der Waals surface area contributed by atoms with Crippen molar-refractivity contribution in [3.05, 3.63) is 59.7 Å². The summed E-state index contributed by atoms with van der Waals surface area (Å²) in [5.41, 5.74) is 3.76. The van der Waals surface area contributed by atoms with E-state index in [0.717, 1.165) is 22.3 Å². The number of nitrogens with zero attached hydrogens (tertiary/aromatic N) is 1. The van der Waals surface area contributed by atoms with Crippen LogP contribution in [0.3, 0.4) is 0 Å². The molecule has 1 heterocycles. The zero-order valence-electron chi connectivity index (χ0n) is 19.0. The van der Waals surface area contributed by atoms with Crippen LogP contribution in [0.5, 0.6) is 0 Å². The highest BCUT2D eigenvalue weighted by Gasteiger charge is 2.39. The first-order chi connectivity index (χ1) is 15.8. The Bertz CT molecular complexity index is 1010. The van der Waals surface area contributed by atoms with Gasteiger partial charge in [-0.1, -0.05) is 55.5 Å². The highest BCUT2D eigenvalue weighted by atomic mass is 16.5. The van der Waals surface area contributed by atoms with Crippen molar-refractivity contribution in [3.8, 4) is 11.1 Å². The summed E-state index contributed by atoms with van der Waals surface area (Å²) in [5.74, 6) is -1.08. The van der Waals surface area contributed by atoms with Gasteiger partial charge in [0, 0.05) is 19.0 Å². The quantitative estimate of drug-likeness (QED) is 0.693. The summed E-state index contributed by atoms with van der Waals surface area (Å²) in [4.78, 5) is 38.6. The Labute approximate surface area is 193 Å². The Kier molecular flexibility index (Phi) is 6.40. The van der Waals surface area contributed by atoms with E-state index in [2.05, 4.69) is 29.6 Å². The summed E-state index contributed by atoms with van der Waals surface area (Å²) in [7, 11) is 0. The zero-order chi connectivity index (χ0) is 23.6. The van der Waals surface area contributed by atoms with Gasteiger partial charge in [0.25, 0.3) is 0 Å². The van der Waals surface area contributed by atoms with Crippen LogP contribution in [0, 0.1) is 5.41 Å². The Morgan fingerprint density at radius 2 is 1.61 bits per heavy atom. The van der Waals surface area contributed by atoms with Crippen molar-refractivity contribution >= 4 is 18.0 Å². The number of carboxylic acid groups (broad SMARTS) is 1. The predicted molar refractivity (Wildman–Crippen MR) is 124 cm³/mol. The van der Waals surface area contributed by atoms with E-state index in [1.54, 1.807) is 11.8 Å². The van der Waals surface area contributed by atoms with Gasteiger partial charge in [-0.15, -0.1) is 0 Å². The van der Waals surface area contributed by atoms with Crippen molar-refractivity contribution in [2.24, 2.45) is 5.41 Å². The molecule has 0 saturated carbocycles. The summed E-state index contributed by atoms with van der Waals surface area (Å²) >= 11 is 0. The molecule has 0 unspecified atom stereocenters. The number of rotatable bonds is 6. The SMILES string of the molecule is CC[C@H](NC(=O)OCC1c2ccccc2-c2ccccc21)C(=O)N1CCC(C)(C(=O)O)CC1. The minimum atomic E-state index is -0.835. The van der Waals surface area contributed by atoms with E-state index in [1.807, 2.05) is 31.2 Å². The number of carbonyl (C=O) groups is 3. The molecule has 4 rings (SSSR count). The van der Waals surface area contributed by atoms with Gasteiger partial charge in [0.05, 0.1) is 5.41 Å². The maximum Gasteiger partial charge on any atom is 0.407 e. The first-order valence-corrected chi connectivity index (χ1v) is 11.5. The highest BCUT2D eigenvalue weighted by Crippen LogP contribution is 2.44. The third-order valence-electron chi connectivity index (χ3n) is 7.04. The maximum absolute atomic E-state index is 12.9. The second-order valence-corrected chi connectivity index (χ2v) is 9.12. The summed E-state index contributed by atoms with van der Waals surface area (Å²) < 4.78 is 5.58. The number of nitrogens with one attached hydrogen (secondary N) is 1. The lowest BCUT2D eigenvalue weighted by atomic mass is 9.80. The van der Waals surface area contributed by atoms with Crippen molar-refractivity contribution in [1.29, 1.82) is 0 Å². The normalized spacial score (nSPS) is 17.6. The molecule has 33 heavy (non-hydrogen) atoms. The van der Waals surface area contributed by atoms with Crippen molar-refractivity contribution < 1.29 is 24.2 Å². The molecule has 2 amide bonds. The zero-order valence-corrected chi connectivity index (χ0v) is 19.0. The standard InChI is InChI=1S/C26H30N2O5/c1-3-22(23(29)28-14-12-26(2,13-15-28)24(30)31)27-25(32)33-16-21-19-10-6-4-8-17(19)18-9-5-7-11-20(18)21/h4-11,21-22H,3,12-16H2,1-2H3,(H,27,32)(H,30,31)/t22-/m0/s1. The number of likely N-dealkylation sites (tertiary alicyclic amines) is 1. The predicted octanol–water partition coefficient (Wildman–Crippen LogP) is 4.02. The number of ether oxygens (including phenoxy) is 1. The lowest BCUT2D eigenvalue weighted by molar-refractivity contribution is -0.153. The lowest BCUT2D eigenvalue weighted by Gasteiger charge is -2.37. The van der Waals surface area contributed by atoms with E-state index in [1.165, 1.54) is 0 Å². The van der Waals surface area contributed by atoms with E-state index in [0.29, 0.717) is 32.4 Å². The smallest absolute Gasteiger partial charge is 0.407 e. The number of fused-ring (bicyclic) bond motifs is 3. The van der Waals surface area contributed by atoms with Gasteiger partial charge in [-0.3, -0.25) is 9.59 Å². The van der Waals surface area contributed by atoms with Crippen LogP contribution in [0.2, 0.25) is 0 Å². The van der Waals surface area contributed by atoms with Crippen LogP contribution in [-0.2, 0) is 14.3 Å². The summed E-state index contributed by atoms with van der Waals surface area (Å²) in [5, 5.41) is 12.1. The van der Waals surface area contributed by atoms with Gasteiger partial charge in [-0.25, -0.2) is 4.79 Å². The van der Waals surface area contributed by atoms with Crippen molar-refractivity contribution in [1.82, 2.24) is 10.2 Å². The summed E-state index contributed by atoms with van der Waals surface area (Å²) in [6, 6.07) is 15.5. The monoisotopic (exact) mass is 450 g/mol. The Hall–Kier alpha value is -3.35. The van der Waals surface area contributed by atoms with Crippen LogP contribution in [0.15, 0.2) is 48.5 Å². The Morgan fingerprint density at radius 3 is 2.12 bits per heavy atom. The number of alkyl carbamates (subject to hydrolysis) is 1. The van der Waals surface area contributed by atoms with Crippen molar-refractivity contribution in [2.75, 3.05) is 19.7 Å². The average molecular weight is 451 g/mol. The average Bonchev–Trinajstić information content (AvgIpc) is 3.15. The van der Waals surface area contributed by atoms with E-state index in [4.69, 9.17) is 4.74 Å². The molecule has 1 saturated heterocycles. The minimum Gasteiger partial charge on any atom is -0.481 e. The fourth-order valence-electron chi connectivity index (χ4n) is 4.78. The number of benzene rings is 2. The number of hydrogen-bond donors (Lipinski definition) is 2. The van der Waals surface area contributed by atoms with E-state index in [-0.39, 0.29) is 18.4 Å². The molecule has 1 atom stereocenters. The number of hydrogen-bond acceptors (Lipinski definition) is 4. The molecule has 174 valence electrons. The molecule has 0 aromatic heterocycles. The molecule has 2 aliphatic rings. The topological polar surface area (TPSA) is 95.9 Å². The van der Waals surface area contributed by atoms with Gasteiger partial charge in [0.1, 0.15) is 12.6 Å². The van der Waals surface area contributed by atoms with E-state index < -0.39 is 23.5 Å². The second-order valence-electron chi connectivity index (χ2n) is 9.12. The van der Waals surface area contributed by atoms with Crippen LogP contribution in [0.1, 0.15) is 50.2 Å². The van der Waals surface area contributed by atoms with Gasteiger partial charge in [-0.05, 0) is 48.4 Å². The number of amides is 2.